The van der Waals surface area contributed by atoms with Crippen LogP contribution in [0.5, 0.6) is 11.5 Å². The fourth-order valence-electron chi connectivity index (χ4n) is 4.63. The van der Waals surface area contributed by atoms with Crippen LogP contribution in [0.3, 0.4) is 0 Å². The lowest BCUT2D eigenvalue weighted by Crippen LogP contribution is -2.43. The fourth-order valence-corrected chi connectivity index (χ4v) is 4.63. The van der Waals surface area contributed by atoms with Gasteiger partial charge in [-0.25, -0.2) is 4.79 Å². The summed E-state index contributed by atoms with van der Waals surface area (Å²) < 4.78 is 55.6. The minimum atomic E-state index is -4.51. The normalized spacial score (nSPS) is 20.4. The van der Waals surface area contributed by atoms with Gasteiger partial charge in [-0.1, -0.05) is 37.5 Å². The Morgan fingerprint density at radius 2 is 1.59 bits per heavy atom. The number of carbonyl (C=O) groups is 2. The van der Waals surface area contributed by atoms with E-state index in [-0.39, 0.29) is 24.0 Å². The zero-order valence-electron chi connectivity index (χ0n) is 18.1. The molecule has 9 heteroatoms. The number of halogens is 3. The van der Waals surface area contributed by atoms with Crippen LogP contribution in [0, 0.1) is 0 Å². The van der Waals surface area contributed by atoms with E-state index in [2.05, 4.69) is 5.32 Å². The van der Waals surface area contributed by atoms with Gasteiger partial charge in [0.25, 0.3) is 5.91 Å². The number of benzene rings is 2. The van der Waals surface area contributed by atoms with Crippen LogP contribution in [0.1, 0.15) is 48.8 Å². The molecule has 0 saturated heterocycles. The number of alkyl halides is 3. The minimum absolute atomic E-state index is 0.0246. The van der Waals surface area contributed by atoms with Crippen molar-refractivity contribution in [1.29, 1.82) is 0 Å². The molecule has 1 N–H and O–H groups in total. The number of esters is 1. The number of cyclic esters (lactones) is 1. The van der Waals surface area contributed by atoms with E-state index in [1.807, 2.05) is 0 Å². The standard InChI is InChI=1S/C25H22F3NO5/c26-25(27,28)16-9-6-14(7-10-16)20-21(15-8-11-18-19(12-15)33-13-32-18)24(31)34-22(20)23(30)29-17-4-2-1-3-5-17/h6-12,17,22H,1-5,13H2,(H,29,30). The Balaban J connectivity index is 1.56. The summed E-state index contributed by atoms with van der Waals surface area (Å²) in [6, 6.07) is 9.22. The van der Waals surface area contributed by atoms with Crippen molar-refractivity contribution in [2.24, 2.45) is 0 Å². The first-order valence-corrected chi connectivity index (χ1v) is 11.1. The zero-order valence-corrected chi connectivity index (χ0v) is 18.1. The van der Waals surface area contributed by atoms with Gasteiger partial charge in [0.15, 0.2) is 11.5 Å². The number of hydrogen-bond donors (Lipinski definition) is 1. The molecule has 2 aromatic rings. The van der Waals surface area contributed by atoms with Crippen LogP contribution in [0.4, 0.5) is 13.2 Å². The number of ether oxygens (including phenoxy) is 3. The summed E-state index contributed by atoms with van der Waals surface area (Å²) in [6.45, 7) is 0.0421. The Kier molecular flexibility index (Phi) is 5.71. The van der Waals surface area contributed by atoms with Gasteiger partial charge >= 0.3 is 12.1 Å². The first kappa shape index (κ1) is 22.3. The van der Waals surface area contributed by atoms with E-state index in [0.717, 1.165) is 44.2 Å². The van der Waals surface area contributed by atoms with Crippen molar-refractivity contribution in [2.75, 3.05) is 6.79 Å². The summed E-state index contributed by atoms with van der Waals surface area (Å²) in [4.78, 5) is 26.2. The molecule has 34 heavy (non-hydrogen) atoms. The Morgan fingerprint density at radius 3 is 2.29 bits per heavy atom. The van der Waals surface area contributed by atoms with Gasteiger partial charge in [-0.2, -0.15) is 13.2 Å². The second kappa shape index (κ2) is 8.70. The Morgan fingerprint density at radius 1 is 0.912 bits per heavy atom. The molecule has 0 aromatic heterocycles. The third kappa shape index (κ3) is 4.22. The second-order valence-corrected chi connectivity index (χ2v) is 8.56. The molecule has 2 heterocycles. The van der Waals surface area contributed by atoms with Crippen molar-refractivity contribution < 1.29 is 37.0 Å². The Bertz CT molecular complexity index is 1150. The van der Waals surface area contributed by atoms with Crippen LogP contribution in [0.2, 0.25) is 0 Å². The Hall–Kier alpha value is -3.49. The van der Waals surface area contributed by atoms with Crippen LogP contribution in [-0.2, 0) is 20.5 Å². The van der Waals surface area contributed by atoms with Gasteiger partial charge in [0, 0.05) is 11.6 Å². The SMILES string of the molecule is O=C1OC(C(=O)NC2CCCCC2)C(c2ccc(C(F)(F)F)cc2)=C1c1ccc2c(c1)OCO2. The molecule has 1 unspecified atom stereocenters. The van der Waals surface area contributed by atoms with Gasteiger partial charge in [0.2, 0.25) is 12.9 Å². The van der Waals surface area contributed by atoms with Crippen molar-refractivity contribution >= 4 is 23.0 Å². The quantitative estimate of drug-likeness (QED) is 0.651. The molecule has 5 rings (SSSR count). The number of amides is 1. The third-order valence-corrected chi connectivity index (χ3v) is 6.33. The lowest BCUT2D eigenvalue weighted by atomic mass is 9.91. The molecular weight excluding hydrogens is 451 g/mol. The van der Waals surface area contributed by atoms with E-state index in [0.29, 0.717) is 22.6 Å². The highest BCUT2D eigenvalue weighted by atomic mass is 19.4. The van der Waals surface area contributed by atoms with Crippen LogP contribution in [-0.4, -0.2) is 30.8 Å². The van der Waals surface area contributed by atoms with Crippen molar-refractivity contribution in [3.05, 3.63) is 59.2 Å². The topological polar surface area (TPSA) is 73.9 Å². The molecule has 178 valence electrons. The van der Waals surface area contributed by atoms with Crippen molar-refractivity contribution in [3.8, 4) is 11.5 Å². The van der Waals surface area contributed by atoms with Crippen LogP contribution in [0.25, 0.3) is 11.1 Å². The lowest BCUT2D eigenvalue weighted by molar-refractivity contribution is -0.145. The summed E-state index contributed by atoms with van der Waals surface area (Å²) in [5, 5.41) is 2.96. The molecule has 1 amide bonds. The molecule has 0 spiro atoms. The van der Waals surface area contributed by atoms with Crippen molar-refractivity contribution in [2.45, 2.75) is 50.4 Å². The molecular formula is C25H22F3NO5. The van der Waals surface area contributed by atoms with E-state index in [4.69, 9.17) is 14.2 Å². The Labute approximate surface area is 193 Å². The molecule has 1 atom stereocenters. The molecule has 1 fully saturated rings. The molecule has 6 nitrogen and oxygen atoms in total. The van der Waals surface area contributed by atoms with Gasteiger partial charge in [-0.3, -0.25) is 4.79 Å². The highest BCUT2D eigenvalue weighted by Gasteiger charge is 2.41. The smallest absolute Gasteiger partial charge is 0.416 e. The number of rotatable bonds is 4. The van der Waals surface area contributed by atoms with E-state index in [1.165, 1.54) is 12.1 Å². The average Bonchev–Trinajstić information content (AvgIpc) is 3.43. The number of fused-ring (bicyclic) bond motifs is 1. The van der Waals surface area contributed by atoms with Gasteiger partial charge in [-0.05, 0) is 48.2 Å². The molecule has 3 aliphatic rings. The highest BCUT2D eigenvalue weighted by Crippen LogP contribution is 2.42. The zero-order chi connectivity index (χ0) is 23.9. The average molecular weight is 473 g/mol. The number of nitrogens with one attached hydrogen (secondary N) is 1. The third-order valence-electron chi connectivity index (χ3n) is 6.33. The maximum atomic E-state index is 13.2. The highest BCUT2D eigenvalue weighted by molar-refractivity contribution is 6.30. The predicted molar refractivity (Wildman–Crippen MR) is 116 cm³/mol. The summed E-state index contributed by atoms with van der Waals surface area (Å²) in [7, 11) is 0. The van der Waals surface area contributed by atoms with Crippen LogP contribution >= 0.6 is 0 Å². The summed E-state index contributed by atoms with van der Waals surface area (Å²) in [5.74, 6) is -0.262. The van der Waals surface area contributed by atoms with Crippen LogP contribution in [0.15, 0.2) is 42.5 Å². The van der Waals surface area contributed by atoms with E-state index in [1.54, 1.807) is 18.2 Å². The predicted octanol–water partition coefficient (Wildman–Crippen LogP) is 4.72. The molecule has 0 radical (unpaired) electrons. The lowest BCUT2D eigenvalue weighted by Gasteiger charge is -2.24. The second-order valence-electron chi connectivity index (χ2n) is 8.56. The molecule has 2 aliphatic heterocycles. The summed E-state index contributed by atoms with van der Waals surface area (Å²) >= 11 is 0. The largest absolute Gasteiger partial charge is 0.454 e. The van der Waals surface area contributed by atoms with Gasteiger partial charge in [0.05, 0.1) is 11.1 Å². The van der Waals surface area contributed by atoms with Crippen molar-refractivity contribution in [3.63, 3.8) is 0 Å². The minimum Gasteiger partial charge on any atom is -0.454 e. The van der Waals surface area contributed by atoms with Gasteiger partial charge in [0.1, 0.15) is 0 Å². The number of hydrogen-bond acceptors (Lipinski definition) is 5. The summed E-state index contributed by atoms with van der Waals surface area (Å²) in [6.07, 6.45) is -1.00. The van der Waals surface area contributed by atoms with E-state index >= 15 is 0 Å². The number of carbonyl (C=O) groups excluding carboxylic acids is 2. The first-order chi connectivity index (χ1) is 16.3. The first-order valence-electron chi connectivity index (χ1n) is 11.1. The summed E-state index contributed by atoms with van der Waals surface area (Å²) in [5.41, 5.74) is 0.245. The van der Waals surface area contributed by atoms with Crippen molar-refractivity contribution in [1.82, 2.24) is 5.32 Å². The van der Waals surface area contributed by atoms with E-state index < -0.39 is 29.7 Å². The molecule has 1 saturated carbocycles. The molecule has 2 aromatic carbocycles. The maximum absolute atomic E-state index is 13.2. The monoisotopic (exact) mass is 473 g/mol. The maximum Gasteiger partial charge on any atom is 0.416 e. The van der Waals surface area contributed by atoms with Crippen LogP contribution < -0.4 is 14.8 Å². The molecule has 0 bridgehead atoms. The van der Waals surface area contributed by atoms with Gasteiger partial charge in [-0.15, -0.1) is 0 Å². The molecule has 1 aliphatic carbocycles. The fraction of sp³-hybridized carbons (Fsp3) is 0.360. The van der Waals surface area contributed by atoms with E-state index in [9.17, 15) is 22.8 Å². The van der Waals surface area contributed by atoms with Gasteiger partial charge < -0.3 is 19.5 Å².